The molecule has 0 heterocycles. The molecule has 0 atom stereocenters. The second kappa shape index (κ2) is 5.05. The van der Waals surface area contributed by atoms with Crippen LogP contribution in [0.2, 0.25) is 0 Å². The minimum Gasteiger partial charge on any atom is -0.315 e. The van der Waals surface area contributed by atoms with Gasteiger partial charge in [-0.2, -0.15) is 0 Å². The fourth-order valence-electron chi connectivity index (χ4n) is 2.86. The molecule has 2 fully saturated rings. The third kappa shape index (κ3) is 3.74. The van der Waals surface area contributed by atoms with Crippen molar-refractivity contribution in [3.8, 4) is 0 Å². The van der Waals surface area contributed by atoms with Gasteiger partial charge in [0.1, 0.15) is 0 Å². The number of rotatable bonds is 8. The van der Waals surface area contributed by atoms with Gasteiger partial charge in [-0.3, -0.25) is 0 Å². The molecule has 0 spiro atoms. The normalized spacial score (nSPS) is 21.8. The highest BCUT2D eigenvalue weighted by Crippen LogP contribution is 2.48. The van der Waals surface area contributed by atoms with Crippen molar-refractivity contribution in [3.63, 3.8) is 0 Å². The van der Waals surface area contributed by atoms with Crippen LogP contribution in [0.25, 0.3) is 0 Å². The van der Waals surface area contributed by atoms with Crippen molar-refractivity contribution in [1.82, 2.24) is 10.6 Å². The summed E-state index contributed by atoms with van der Waals surface area (Å²) < 4.78 is 0. The molecule has 0 unspecified atom stereocenters. The Morgan fingerprint density at radius 3 is 2.12 bits per heavy atom. The van der Waals surface area contributed by atoms with Gasteiger partial charge in [0.2, 0.25) is 0 Å². The first-order valence-electron chi connectivity index (χ1n) is 7.08. The Morgan fingerprint density at radius 2 is 1.69 bits per heavy atom. The fraction of sp³-hybridized carbons (Fsp3) is 1.00. The second-order valence-electron chi connectivity index (χ2n) is 6.38. The van der Waals surface area contributed by atoms with Gasteiger partial charge in [-0.05, 0) is 70.4 Å². The summed E-state index contributed by atoms with van der Waals surface area (Å²) in [5, 5.41) is 7.21. The van der Waals surface area contributed by atoms with E-state index in [1.807, 2.05) is 0 Å². The minimum absolute atomic E-state index is 0.242. The van der Waals surface area contributed by atoms with E-state index in [1.54, 1.807) is 0 Å². The lowest BCUT2D eigenvalue weighted by Gasteiger charge is -2.27. The molecule has 0 radical (unpaired) electrons. The molecule has 0 amide bonds. The minimum atomic E-state index is 0.242. The molecular formula is C14H28N2. The van der Waals surface area contributed by atoms with Crippen LogP contribution in [0.4, 0.5) is 0 Å². The van der Waals surface area contributed by atoms with Crippen LogP contribution >= 0.6 is 0 Å². The van der Waals surface area contributed by atoms with Gasteiger partial charge in [-0.15, -0.1) is 0 Å². The molecule has 0 aromatic rings. The first-order chi connectivity index (χ1) is 7.62. The van der Waals surface area contributed by atoms with E-state index in [2.05, 4.69) is 31.4 Å². The topological polar surface area (TPSA) is 24.1 Å². The van der Waals surface area contributed by atoms with Crippen LogP contribution < -0.4 is 10.6 Å². The van der Waals surface area contributed by atoms with Crippen molar-refractivity contribution in [2.45, 2.75) is 52.0 Å². The summed E-state index contributed by atoms with van der Waals surface area (Å²) in [6.45, 7) is 10.2. The van der Waals surface area contributed by atoms with Gasteiger partial charge < -0.3 is 10.6 Å². The molecule has 16 heavy (non-hydrogen) atoms. The summed E-state index contributed by atoms with van der Waals surface area (Å²) in [5.74, 6) is 3.14. The monoisotopic (exact) mass is 224 g/mol. The van der Waals surface area contributed by atoms with Crippen LogP contribution in [0.15, 0.2) is 0 Å². The van der Waals surface area contributed by atoms with E-state index < -0.39 is 0 Å². The molecular weight excluding hydrogens is 196 g/mol. The average Bonchev–Trinajstić information content (AvgIpc) is 3.04. The zero-order chi connectivity index (χ0) is 11.6. The molecule has 94 valence electrons. The van der Waals surface area contributed by atoms with Crippen molar-refractivity contribution in [1.29, 1.82) is 0 Å². The molecule has 0 saturated heterocycles. The first-order valence-corrected chi connectivity index (χ1v) is 7.08. The van der Waals surface area contributed by atoms with Crippen molar-refractivity contribution >= 4 is 0 Å². The Bertz CT molecular complexity index is 205. The zero-order valence-corrected chi connectivity index (χ0v) is 11.2. The third-order valence-corrected chi connectivity index (χ3v) is 4.06. The van der Waals surface area contributed by atoms with E-state index >= 15 is 0 Å². The molecule has 2 nitrogen and oxygen atoms in total. The molecule has 0 bridgehead atoms. The predicted molar refractivity (Wildman–Crippen MR) is 69.6 cm³/mol. The molecule has 2 aliphatic rings. The quantitative estimate of drug-likeness (QED) is 0.661. The van der Waals surface area contributed by atoms with Gasteiger partial charge in [-0.1, -0.05) is 6.92 Å². The van der Waals surface area contributed by atoms with Crippen LogP contribution in [-0.2, 0) is 0 Å². The predicted octanol–water partition coefficient (Wildman–Crippen LogP) is 2.40. The molecule has 0 aliphatic heterocycles. The molecule has 0 aromatic heterocycles. The number of hydrogen-bond acceptors (Lipinski definition) is 2. The number of likely N-dealkylation sites (N-methyl/N-ethyl adjacent to an activating group) is 1. The maximum atomic E-state index is 3.69. The van der Waals surface area contributed by atoms with Gasteiger partial charge in [0, 0.05) is 12.1 Å². The van der Waals surface area contributed by atoms with Crippen LogP contribution in [0.5, 0.6) is 0 Å². The summed E-state index contributed by atoms with van der Waals surface area (Å²) in [6, 6.07) is 0. The SMILES string of the molecule is CCNC(C)(C)CNCC(C1CC1)C1CC1. The first kappa shape index (κ1) is 12.4. The smallest absolute Gasteiger partial charge is 0.0249 e. The van der Waals surface area contributed by atoms with Gasteiger partial charge in [0.25, 0.3) is 0 Å². The highest BCUT2D eigenvalue weighted by atomic mass is 15.0. The van der Waals surface area contributed by atoms with Crippen molar-refractivity contribution in [3.05, 3.63) is 0 Å². The third-order valence-electron chi connectivity index (χ3n) is 4.06. The van der Waals surface area contributed by atoms with Crippen molar-refractivity contribution in [2.75, 3.05) is 19.6 Å². The Balaban J connectivity index is 1.65. The Labute approximate surface area is 101 Å². The van der Waals surface area contributed by atoms with Gasteiger partial charge >= 0.3 is 0 Å². The summed E-state index contributed by atoms with van der Waals surface area (Å²) >= 11 is 0. The summed E-state index contributed by atoms with van der Waals surface area (Å²) in [7, 11) is 0. The maximum absolute atomic E-state index is 3.69. The van der Waals surface area contributed by atoms with Crippen molar-refractivity contribution < 1.29 is 0 Å². The van der Waals surface area contributed by atoms with Crippen LogP contribution in [-0.4, -0.2) is 25.2 Å². The molecule has 2 saturated carbocycles. The van der Waals surface area contributed by atoms with E-state index in [9.17, 15) is 0 Å². The van der Waals surface area contributed by atoms with Crippen LogP contribution in [0.1, 0.15) is 46.5 Å². The molecule has 2 rings (SSSR count). The van der Waals surface area contributed by atoms with E-state index in [4.69, 9.17) is 0 Å². The number of hydrogen-bond donors (Lipinski definition) is 2. The van der Waals surface area contributed by atoms with Crippen molar-refractivity contribution in [2.24, 2.45) is 17.8 Å². The van der Waals surface area contributed by atoms with Gasteiger partial charge in [0.05, 0.1) is 0 Å². The lowest BCUT2D eigenvalue weighted by atomic mass is 9.97. The lowest BCUT2D eigenvalue weighted by Crippen LogP contribution is -2.48. The maximum Gasteiger partial charge on any atom is 0.0249 e. The molecule has 0 aromatic carbocycles. The molecule has 2 N–H and O–H groups in total. The van der Waals surface area contributed by atoms with E-state index in [-0.39, 0.29) is 5.54 Å². The largest absolute Gasteiger partial charge is 0.315 e. The van der Waals surface area contributed by atoms with E-state index in [0.717, 1.165) is 30.8 Å². The standard InChI is InChI=1S/C14H28N2/c1-4-16-14(2,3)10-15-9-13(11-5-6-11)12-7-8-12/h11-13,15-16H,4-10H2,1-3H3. The molecule has 2 heteroatoms. The fourth-order valence-corrected chi connectivity index (χ4v) is 2.86. The summed E-state index contributed by atoms with van der Waals surface area (Å²) in [5.41, 5.74) is 0.242. The van der Waals surface area contributed by atoms with E-state index in [0.29, 0.717) is 0 Å². The zero-order valence-electron chi connectivity index (χ0n) is 11.2. The average molecular weight is 224 g/mol. The molecule has 2 aliphatic carbocycles. The van der Waals surface area contributed by atoms with Crippen LogP contribution in [0.3, 0.4) is 0 Å². The Hall–Kier alpha value is -0.0800. The number of nitrogens with one attached hydrogen (secondary N) is 2. The van der Waals surface area contributed by atoms with Crippen LogP contribution in [0, 0.1) is 17.8 Å². The van der Waals surface area contributed by atoms with Gasteiger partial charge in [0.15, 0.2) is 0 Å². The van der Waals surface area contributed by atoms with E-state index in [1.165, 1.54) is 32.2 Å². The highest BCUT2D eigenvalue weighted by molar-refractivity contribution is 4.93. The Morgan fingerprint density at radius 1 is 1.12 bits per heavy atom. The summed E-state index contributed by atoms with van der Waals surface area (Å²) in [4.78, 5) is 0. The van der Waals surface area contributed by atoms with Gasteiger partial charge in [-0.25, -0.2) is 0 Å². The summed E-state index contributed by atoms with van der Waals surface area (Å²) in [6.07, 6.45) is 6.00. The Kier molecular flexibility index (Phi) is 3.91. The second-order valence-corrected chi connectivity index (χ2v) is 6.38. The highest BCUT2D eigenvalue weighted by Gasteiger charge is 2.40. The lowest BCUT2D eigenvalue weighted by molar-refractivity contribution is 0.328.